The van der Waals surface area contributed by atoms with Gasteiger partial charge in [0.15, 0.2) is 0 Å². The molecule has 0 heterocycles. The molecule has 0 atom stereocenters. The summed E-state index contributed by atoms with van der Waals surface area (Å²) in [4.78, 5) is 11.9. The number of carbonyl (C=O) groups is 1. The molecule has 3 aromatic carbocycles. The van der Waals surface area contributed by atoms with Crippen LogP contribution in [0.4, 0.5) is 10.5 Å². The SMILES string of the molecule is O=C(Nc1ccc(Oc2ccc(Cl)cc2)cc1)NS(=O)(=O)c1ccc(Cl)cc1. The van der Waals surface area contributed by atoms with Gasteiger partial charge in [0.2, 0.25) is 0 Å². The minimum Gasteiger partial charge on any atom is -0.457 e. The van der Waals surface area contributed by atoms with Crippen molar-refractivity contribution in [2.45, 2.75) is 4.90 Å². The molecule has 0 spiro atoms. The zero-order valence-corrected chi connectivity index (χ0v) is 16.6. The number of benzene rings is 3. The first-order valence-electron chi connectivity index (χ1n) is 7.95. The monoisotopic (exact) mass is 436 g/mol. The second kappa shape index (κ2) is 8.52. The van der Waals surface area contributed by atoms with Crippen molar-refractivity contribution in [1.82, 2.24) is 4.72 Å². The van der Waals surface area contributed by atoms with Gasteiger partial charge in [-0.15, -0.1) is 0 Å². The van der Waals surface area contributed by atoms with Crippen LogP contribution in [0.2, 0.25) is 10.0 Å². The first kappa shape index (κ1) is 20.0. The van der Waals surface area contributed by atoms with Crippen molar-refractivity contribution in [2.75, 3.05) is 5.32 Å². The number of carbonyl (C=O) groups excluding carboxylic acids is 1. The predicted octanol–water partition coefficient (Wildman–Crippen LogP) is 5.30. The number of hydrogen-bond donors (Lipinski definition) is 2. The summed E-state index contributed by atoms with van der Waals surface area (Å²) in [6, 6.07) is 17.9. The lowest BCUT2D eigenvalue weighted by Gasteiger charge is -2.10. The first-order chi connectivity index (χ1) is 13.3. The van der Waals surface area contributed by atoms with Crippen molar-refractivity contribution in [1.29, 1.82) is 0 Å². The third kappa shape index (κ3) is 5.39. The van der Waals surface area contributed by atoms with Crippen molar-refractivity contribution in [2.24, 2.45) is 0 Å². The highest BCUT2D eigenvalue weighted by atomic mass is 35.5. The number of nitrogens with one attached hydrogen (secondary N) is 2. The van der Waals surface area contributed by atoms with Crippen LogP contribution in [0, 0.1) is 0 Å². The van der Waals surface area contributed by atoms with Crippen molar-refractivity contribution < 1.29 is 17.9 Å². The molecule has 3 aromatic rings. The zero-order chi connectivity index (χ0) is 20.1. The van der Waals surface area contributed by atoms with E-state index >= 15 is 0 Å². The molecule has 9 heteroatoms. The maximum atomic E-state index is 12.2. The molecule has 0 aliphatic heterocycles. The van der Waals surface area contributed by atoms with Gasteiger partial charge in [-0.25, -0.2) is 17.9 Å². The number of rotatable bonds is 5. The Kier molecular flexibility index (Phi) is 6.08. The number of halogens is 2. The summed E-state index contributed by atoms with van der Waals surface area (Å²) in [5, 5.41) is 3.45. The van der Waals surface area contributed by atoms with Crippen molar-refractivity contribution >= 4 is 44.9 Å². The van der Waals surface area contributed by atoms with E-state index in [1.807, 2.05) is 4.72 Å². The van der Waals surface area contributed by atoms with Gasteiger partial charge in [0.25, 0.3) is 10.0 Å². The Hall–Kier alpha value is -2.74. The van der Waals surface area contributed by atoms with Crippen LogP contribution in [-0.2, 0) is 10.0 Å². The van der Waals surface area contributed by atoms with Gasteiger partial charge in [-0.05, 0) is 72.8 Å². The topological polar surface area (TPSA) is 84.5 Å². The zero-order valence-electron chi connectivity index (χ0n) is 14.2. The molecule has 0 aromatic heterocycles. The highest BCUT2D eigenvalue weighted by molar-refractivity contribution is 7.90. The number of anilines is 1. The van der Waals surface area contributed by atoms with Crippen LogP contribution < -0.4 is 14.8 Å². The second-order valence-electron chi connectivity index (χ2n) is 5.59. The number of hydrogen-bond acceptors (Lipinski definition) is 4. The van der Waals surface area contributed by atoms with E-state index in [0.29, 0.717) is 27.2 Å². The van der Waals surface area contributed by atoms with Crippen LogP contribution in [0.1, 0.15) is 0 Å². The molecule has 0 aliphatic carbocycles. The highest BCUT2D eigenvalue weighted by Gasteiger charge is 2.17. The van der Waals surface area contributed by atoms with Crippen LogP contribution in [0.5, 0.6) is 11.5 Å². The Morgan fingerprint density at radius 1 is 0.750 bits per heavy atom. The minimum atomic E-state index is -4.00. The smallest absolute Gasteiger partial charge is 0.333 e. The van der Waals surface area contributed by atoms with E-state index in [0.717, 1.165) is 0 Å². The van der Waals surface area contributed by atoms with Crippen LogP contribution in [-0.4, -0.2) is 14.4 Å². The van der Waals surface area contributed by atoms with Crippen LogP contribution in [0.3, 0.4) is 0 Å². The van der Waals surface area contributed by atoms with Gasteiger partial charge in [0.05, 0.1) is 4.90 Å². The third-order valence-corrected chi connectivity index (χ3v) is 5.36. The molecule has 2 N–H and O–H groups in total. The first-order valence-corrected chi connectivity index (χ1v) is 10.2. The Morgan fingerprint density at radius 2 is 1.21 bits per heavy atom. The van der Waals surface area contributed by atoms with Gasteiger partial charge >= 0.3 is 6.03 Å². The van der Waals surface area contributed by atoms with E-state index in [-0.39, 0.29) is 4.90 Å². The molecule has 0 saturated heterocycles. The van der Waals surface area contributed by atoms with Gasteiger partial charge in [0.1, 0.15) is 11.5 Å². The molecule has 144 valence electrons. The summed E-state index contributed by atoms with van der Waals surface area (Å²) in [6.45, 7) is 0. The van der Waals surface area contributed by atoms with Gasteiger partial charge in [-0.2, -0.15) is 0 Å². The van der Waals surface area contributed by atoms with E-state index in [1.54, 1.807) is 48.5 Å². The molecule has 0 saturated carbocycles. The largest absolute Gasteiger partial charge is 0.457 e. The van der Waals surface area contributed by atoms with E-state index in [9.17, 15) is 13.2 Å². The molecular formula is C19H14Cl2N2O4S. The van der Waals surface area contributed by atoms with Gasteiger partial charge in [0, 0.05) is 15.7 Å². The van der Waals surface area contributed by atoms with E-state index in [2.05, 4.69) is 5.32 Å². The number of sulfonamides is 1. The molecule has 3 rings (SSSR count). The van der Waals surface area contributed by atoms with E-state index in [1.165, 1.54) is 24.3 Å². The fraction of sp³-hybridized carbons (Fsp3) is 0. The van der Waals surface area contributed by atoms with Crippen molar-refractivity contribution in [3.8, 4) is 11.5 Å². The predicted molar refractivity (Wildman–Crippen MR) is 109 cm³/mol. The lowest BCUT2D eigenvalue weighted by molar-refractivity contribution is 0.256. The Labute approximate surface area is 172 Å². The third-order valence-electron chi connectivity index (χ3n) is 3.51. The van der Waals surface area contributed by atoms with Crippen LogP contribution >= 0.6 is 23.2 Å². The summed E-state index contributed by atoms with van der Waals surface area (Å²) < 4.78 is 31.9. The molecule has 2 amide bonds. The number of ether oxygens (including phenoxy) is 1. The standard InChI is InChI=1S/C19H14Cl2N2O4S/c20-13-1-7-16(8-2-13)27-17-9-5-15(6-10-17)22-19(24)23-28(25,26)18-11-3-14(21)4-12-18/h1-12H,(H2,22,23,24). The summed E-state index contributed by atoms with van der Waals surface area (Å²) in [6.07, 6.45) is 0. The molecule has 28 heavy (non-hydrogen) atoms. The Morgan fingerprint density at radius 3 is 1.75 bits per heavy atom. The maximum Gasteiger partial charge on any atom is 0.333 e. The van der Waals surface area contributed by atoms with Crippen molar-refractivity contribution in [3.63, 3.8) is 0 Å². The molecule has 0 bridgehead atoms. The lowest BCUT2D eigenvalue weighted by atomic mass is 10.3. The lowest BCUT2D eigenvalue weighted by Crippen LogP contribution is -2.34. The normalized spacial score (nSPS) is 10.9. The Bertz CT molecular complexity index is 1070. The van der Waals surface area contributed by atoms with Gasteiger partial charge in [-0.1, -0.05) is 23.2 Å². The number of urea groups is 1. The fourth-order valence-electron chi connectivity index (χ4n) is 2.20. The molecular weight excluding hydrogens is 423 g/mol. The maximum absolute atomic E-state index is 12.2. The van der Waals surface area contributed by atoms with Crippen molar-refractivity contribution in [3.05, 3.63) is 82.8 Å². The van der Waals surface area contributed by atoms with Gasteiger partial charge in [-0.3, -0.25) is 0 Å². The summed E-state index contributed by atoms with van der Waals surface area (Å²) in [5.74, 6) is 1.15. The summed E-state index contributed by atoms with van der Waals surface area (Å²) in [7, 11) is -4.00. The molecule has 6 nitrogen and oxygen atoms in total. The fourth-order valence-corrected chi connectivity index (χ4v) is 3.36. The molecule has 0 aliphatic rings. The molecule has 0 unspecified atom stereocenters. The van der Waals surface area contributed by atoms with Crippen LogP contribution in [0.15, 0.2) is 77.7 Å². The molecule has 0 fully saturated rings. The highest BCUT2D eigenvalue weighted by Crippen LogP contribution is 2.24. The van der Waals surface area contributed by atoms with E-state index < -0.39 is 16.1 Å². The molecule has 0 radical (unpaired) electrons. The van der Waals surface area contributed by atoms with Gasteiger partial charge < -0.3 is 10.1 Å². The van der Waals surface area contributed by atoms with E-state index in [4.69, 9.17) is 27.9 Å². The van der Waals surface area contributed by atoms with Crippen LogP contribution in [0.25, 0.3) is 0 Å². The average molecular weight is 437 g/mol. The Balaban J connectivity index is 1.61. The summed E-state index contributed by atoms with van der Waals surface area (Å²) >= 11 is 11.6. The quantitative estimate of drug-likeness (QED) is 0.568. The average Bonchev–Trinajstić information content (AvgIpc) is 2.65. The number of amides is 2. The minimum absolute atomic E-state index is 0.0706. The second-order valence-corrected chi connectivity index (χ2v) is 8.15. The summed E-state index contributed by atoms with van der Waals surface area (Å²) in [5.41, 5.74) is 0.396.